The SMILES string of the molecule is CC1CC1CNc1snc(N)c1-c1ccccc1. The Hall–Kier alpha value is -1.55. The lowest BCUT2D eigenvalue weighted by atomic mass is 10.1. The van der Waals surface area contributed by atoms with E-state index in [1.807, 2.05) is 18.2 Å². The molecule has 0 radical (unpaired) electrons. The largest absolute Gasteiger partial charge is 0.382 e. The molecule has 3 nitrogen and oxygen atoms in total. The van der Waals surface area contributed by atoms with Crippen LogP contribution in [0.15, 0.2) is 30.3 Å². The van der Waals surface area contributed by atoms with Crippen molar-refractivity contribution < 1.29 is 0 Å². The number of hydrogen-bond donors (Lipinski definition) is 2. The highest BCUT2D eigenvalue weighted by atomic mass is 32.1. The van der Waals surface area contributed by atoms with E-state index in [0.717, 1.165) is 34.5 Å². The molecular weight excluding hydrogens is 242 g/mol. The Morgan fingerprint density at radius 2 is 2.11 bits per heavy atom. The minimum Gasteiger partial charge on any atom is -0.382 e. The van der Waals surface area contributed by atoms with Gasteiger partial charge in [-0.15, -0.1) is 0 Å². The third-order valence-electron chi connectivity index (χ3n) is 3.58. The van der Waals surface area contributed by atoms with Crippen LogP contribution < -0.4 is 11.1 Å². The first kappa shape index (κ1) is 11.5. The zero-order valence-electron chi connectivity index (χ0n) is 10.4. The van der Waals surface area contributed by atoms with Crippen LogP contribution in [0.25, 0.3) is 11.1 Å². The quantitative estimate of drug-likeness (QED) is 0.884. The highest BCUT2D eigenvalue weighted by Gasteiger charge is 2.32. The average molecular weight is 259 g/mol. The van der Waals surface area contributed by atoms with Gasteiger partial charge in [0.05, 0.1) is 5.56 Å². The molecule has 0 spiro atoms. The summed E-state index contributed by atoms with van der Waals surface area (Å²) in [6.07, 6.45) is 1.34. The number of nitrogens with zero attached hydrogens (tertiary/aromatic N) is 1. The van der Waals surface area contributed by atoms with Gasteiger partial charge in [-0.3, -0.25) is 0 Å². The molecule has 0 saturated heterocycles. The van der Waals surface area contributed by atoms with E-state index >= 15 is 0 Å². The number of aromatic nitrogens is 1. The van der Waals surface area contributed by atoms with Crippen LogP contribution >= 0.6 is 11.5 Å². The van der Waals surface area contributed by atoms with Gasteiger partial charge in [-0.05, 0) is 35.4 Å². The van der Waals surface area contributed by atoms with E-state index in [-0.39, 0.29) is 0 Å². The average Bonchev–Trinajstić information content (AvgIpc) is 2.96. The zero-order valence-corrected chi connectivity index (χ0v) is 11.2. The van der Waals surface area contributed by atoms with Crippen LogP contribution in [0, 0.1) is 11.8 Å². The molecule has 18 heavy (non-hydrogen) atoms. The van der Waals surface area contributed by atoms with Crippen LogP contribution in [0.4, 0.5) is 10.8 Å². The van der Waals surface area contributed by atoms with Crippen LogP contribution in [-0.2, 0) is 0 Å². The van der Waals surface area contributed by atoms with Crippen molar-refractivity contribution in [3.05, 3.63) is 30.3 Å². The van der Waals surface area contributed by atoms with Crippen LogP contribution in [0.5, 0.6) is 0 Å². The van der Waals surface area contributed by atoms with Gasteiger partial charge in [-0.1, -0.05) is 37.3 Å². The van der Waals surface area contributed by atoms with Gasteiger partial charge in [-0.2, -0.15) is 4.37 Å². The monoisotopic (exact) mass is 259 g/mol. The third-order valence-corrected chi connectivity index (χ3v) is 4.40. The van der Waals surface area contributed by atoms with Crippen molar-refractivity contribution in [2.45, 2.75) is 13.3 Å². The van der Waals surface area contributed by atoms with Crippen molar-refractivity contribution in [2.75, 3.05) is 17.6 Å². The van der Waals surface area contributed by atoms with Crippen molar-refractivity contribution in [3.8, 4) is 11.1 Å². The molecule has 2 unspecified atom stereocenters. The molecule has 1 fully saturated rings. The molecule has 0 aliphatic heterocycles. The molecule has 3 rings (SSSR count). The molecule has 4 heteroatoms. The van der Waals surface area contributed by atoms with E-state index in [9.17, 15) is 0 Å². The molecule has 1 saturated carbocycles. The predicted octanol–water partition coefficient (Wildman–Crippen LogP) is 3.46. The Balaban J connectivity index is 1.82. The Morgan fingerprint density at radius 3 is 2.78 bits per heavy atom. The topological polar surface area (TPSA) is 50.9 Å². The summed E-state index contributed by atoms with van der Waals surface area (Å²) in [5, 5.41) is 4.60. The van der Waals surface area contributed by atoms with Gasteiger partial charge in [0.2, 0.25) is 0 Å². The molecule has 1 aromatic carbocycles. The van der Waals surface area contributed by atoms with E-state index in [4.69, 9.17) is 5.73 Å². The molecule has 2 atom stereocenters. The second-order valence-electron chi connectivity index (χ2n) is 4.99. The van der Waals surface area contributed by atoms with Gasteiger partial charge in [0, 0.05) is 6.54 Å². The van der Waals surface area contributed by atoms with Gasteiger partial charge < -0.3 is 11.1 Å². The molecule has 1 aromatic heterocycles. The summed E-state index contributed by atoms with van der Waals surface area (Å²) in [6, 6.07) is 10.2. The molecule has 94 valence electrons. The number of nitrogens with one attached hydrogen (secondary N) is 1. The lowest BCUT2D eigenvalue weighted by molar-refractivity contribution is 0.788. The van der Waals surface area contributed by atoms with Crippen molar-refractivity contribution in [1.29, 1.82) is 0 Å². The summed E-state index contributed by atoms with van der Waals surface area (Å²) < 4.78 is 4.27. The lowest BCUT2D eigenvalue weighted by Gasteiger charge is -2.06. The van der Waals surface area contributed by atoms with Crippen LogP contribution in [-0.4, -0.2) is 10.9 Å². The summed E-state index contributed by atoms with van der Waals surface area (Å²) in [5.74, 6) is 2.30. The summed E-state index contributed by atoms with van der Waals surface area (Å²) in [4.78, 5) is 0. The fourth-order valence-electron chi connectivity index (χ4n) is 2.21. The number of nitrogens with two attached hydrogens (primary N) is 1. The molecular formula is C14H17N3S. The Labute approximate surface area is 111 Å². The first-order chi connectivity index (χ1) is 8.75. The van der Waals surface area contributed by atoms with Crippen molar-refractivity contribution >= 4 is 22.4 Å². The Kier molecular flexibility index (Phi) is 2.96. The maximum absolute atomic E-state index is 5.98. The standard InChI is InChI=1S/C14H17N3S/c1-9-7-11(9)8-16-14-12(13(15)17-18-14)10-5-3-2-4-6-10/h2-6,9,11,16H,7-8H2,1H3,(H2,15,17). The van der Waals surface area contributed by atoms with Gasteiger partial charge in [0.15, 0.2) is 0 Å². The molecule has 0 bridgehead atoms. The number of anilines is 2. The molecule has 1 heterocycles. The minimum atomic E-state index is 0.623. The summed E-state index contributed by atoms with van der Waals surface area (Å²) >= 11 is 1.46. The second-order valence-corrected chi connectivity index (χ2v) is 5.77. The van der Waals surface area contributed by atoms with Gasteiger partial charge in [-0.25, -0.2) is 0 Å². The number of hydrogen-bond acceptors (Lipinski definition) is 4. The first-order valence-electron chi connectivity index (χ1n) is 6.30. The van der Waals surface area contributed by atoms with Gasteiger partial charge in [0.25, 0.3) is 0 Å². The molecule has 2 aromatic rings. The maximum Gasteiger partial charge on any atom is 0.147 e. The highest BCUT2D eigenvalue weighted by Crippen LogP contribution is 2.40. The minimum absolute atomic E-state index is 0.623. The van der Waals surface area contributed by atoms with E-state index in [1.54, 1.807) is 0 Å². The van der Waals surface area contributed by atoms with Gasteiger partial charge >= 0.3 is 0 Å². The van der Waals surface area contributed by atoms with E-state index < -0.39 is 0 Å². The normalized spacial score (nSPS) is 21.8. The number of rotatable bonds is 4. The van der Waals surface area contributed by atoms with Crippen LogP contribution in [0.3, 0.4) is 0 Å². The van der Waals surface area contributed by atoms with E-state index in [2.05, 4.69) is 28.7 Å². The van der Waals surface area contributed by atoms with Crippen molar-refractivity contribution in [2.24, 2.45) is 11.8 Å². The fraction of sp³-hybridized carbons (Fsp3) is 0.357. The summed E-state index contributed by atoms with van der Waals surface area (Å²) in [6.45, 7) is 3.33. The van der Waals surface area contributed by atoms with E-state index in [1.165, 1.54) is 18.0 Å². The molecule has 0 amide bonds. The lowest BCUT2D eigenvalue weighted by Crippen LogP contribution is -2.04. The smallest absolute Gasteiger partial charge is 0.147 e. The van der Waals surface area contributed by atoms with Crippen LogP contribution in [0.1, 0.15) is 13.3 Å². The summed E-state index contributed by atoms with van der Waals surface area (Å²) in [7, 11) is 0. The maximum atomic E-state index is 5.98. The molecule has 1 aliphatic carbocycles. The molecule has 1 aliphatic rings. The fourth-order valence-corrected chi connectivity index (χ4v) is 2.96. The Morgan fingerprint density at radius 1 is 1.39 bits per heavy atom. The number of nitrogen functional groups attached to an aromatic ring is 1. The van der Waals surface area contributed by atoms with Crippen LogP contribution in [0.2, 0.25) is 0 Å². The van der Waals surface area contributed by atoms with Crippen molar-refractivity contribution in [1.82, 2.24) is 4.37 Å². The van der Waals surface area contributed by atoms with Crippen molar-refractivity contribution in [3.63, 3.8) is 0 Å². The molecule has 3 N–H and O–H groups in total. The van der Waals surface area contributed by atoms with E-state index in [0.29, 0.717) is 5.82 Å². The summed E-state index contributed by atoms with van der Waals surface area (Å²) in [5.41, 5.74) is 8.17. The second kappa shape index (κ2) is 4.61. The Bertz CT molecular complexity index is 535. The number of benzene rings is 1. The zero-order chi connectivity index (χ0) is 12.5. The first-order valence-corrected chi connectivity index (χ1v) is 7.07. The highest BCUT2D eigenvalue weighted by molar-refractivity contribution is 7.11. The predicted molar refractivity (Wildman–Crippen MR) is 77.7 cm³/mol. The van der Waals surface area contributed by atoms with Gasteiger partial charge in [0.1, 0.15) is 10.8 Å². The third kappa shape index (κ3) is 2.20.